The van der Waals surface area contributed by atoms with E-state index < -0.39 is 0 Å². The first-order valence-electron chi connectivity index (χ1n) is 6.91. The van der Waals surface area contributed by atoms with Crippen LogP contribution in [-0.4, -0.2) is 19.1 Å². The van der Waals surface area contributed by atoms with Crippen molar-refractivity contribution in [2.75, 3.05) is 18.9 Å². The van der Waals surface area contributed by atoms with Crippen LogP contribution in [0.1, 0.15) is 43.5 Å². The fourth-order valence-corrected chi connectivity index (χ4v) is 2.18. The van der Waals surface area contributed by atoms with Gasteiger partial charge in [0.15, 0.2) is 0 Å². The van der Waals surface area contributed by atoms with E-state index in [1.54, 1.807) is 18.2 Å². The van der Waals surface area contributed by atoms with Crippen LogP contribution in [0.3, 0.4) is 0 Å². The SMILES string of the molecule is CCOc1ccc(C(=O)NCC2(CC)CC2)cc1N. The van der Waals surface area contributed by atoms with Gasteiger partial charge in [0.1, 0.15) is 5.75 Å². The highest BCUT2D eigenvalue weighted by Crippen LogP contribution is 2.47. The highest BCUT2D eigenvalue weighted by atomic mass is 16.5. The van der Waals surface area contributed by atoms with Gasteiger partial charge in [0.2, 0.25) is 0 Å². The summed E-state index contributed by atoms with van der Waals surface area (Å²) in [5, 5.41) is 3.00. The number of hydrogen-bond donors (Lipinski definition) is 2. The van der Waals surface area contributed by atoms with Crippen molar-refractivity contribution in [3.05, 3.63) is 23.8 Å². The highest BCUT2D eigenvalue weighted by molar-refractivity contribution is 5.95. The zero-order valence-corrected chi connectivity index (χ0v) is 11.7. The van der Waals surface area contributed by atoms with Gasteiger partial charge in [-0.3, -0.25) is 4.79 Å². The summed E-state index contributed by atoms with van der Waals surface area (Å²) in [6.07, 6.45) is 3.56. The van der Waals surface area contributed by atoms with Crippen LogP contribution in [0.15, 0.2) is 18.2 Å². The molecule has 1 aromatic rings. The molecule has 0 bridgehead atoms. The van der Waals surface area contributed by atoms with Crippen LogP contribution in [-0.2, 0) is 0 Å². The number of hydrogen-bond acceptors (Lipinski definition) is 3. The van der Waals surface area contributed by atoms with Crippen molar-refractivity contribution in [3.8, 4) is 5.75 Å². The van der Waals surface area contributed by atoms with Gasteiger partial charge < -0.3 is 15.8 Å². The number of nitrogens with one attached hydrogen (secondary N) is 1. The molecule has 104 valence electrons. The van der Waals surface area contributed by atoms with Crippen molar-refractivity contribution in [2.24, 2.45) is 5.41 Å². The Kier molecular flexibility index (Phi) is 3.98. The van der Waals surface area contributed by atoms with E-state index in [0.29, 0.717) is 29.0 Å². The molecule has 1 saturated carbocycles. The molecule has 0 aromatic heterocycles. The first kappa shape index (κ1) is 13.7. The lowest BCUT2D eigenvalue weighted by atomic mass is 10.0. The van der Waals surface area contributed by atoms with Gasteiger partial charge in [0.25, 0.3) is 5.91 Å². The van der Waals surface area contributed by atoms with Gasteiger partial charge in [-0.2, -0.15) is 0 Å². The van der Waals surface area contributed by atoms with Crippen LogP contribution in [0.5, 0.6) is 5.75 Å². The Labute approximate surface area is 114 Å². The quantitative estimate of drug-likeness (QED) is 0.774. The van der Waals surface area contributed by atoms with Crippen molar-refractivity contribution >= 4 is 11.6 Å². The highest BCUT2D eigenvalue weighted by Gasteiger charge is 2.40. The second kappa shape index (κ2) is 5.51. The van der Waals surface area contributed by atoms with Crippen LogP contribution in [0, 0.1) is 5.41 Å². The second-order valence-corrected chi connectivity index (χ2v) is 5.22. The average Bonchev–Trinajstić information content (AvgIpc) is 3.19. The summed E-state index contributed by atoms with van der Waals surface area (Å²) < 4.78 is 5.36. The minimum absolute atomic E-state index is 0.0607. The zero-order valence-electron chi connectivity index (χ0n) is 11.7. The molecule has 4 heteroatoms. The van der Waals surface area contributed by atoms with E-state index in [2.05, 4.69) is 12.2 Å². The monoisotopic (exact) mass is 262 g/mol. The Morgan fingerprint density at radius 2 is 2.16 bits per heavy atom. The Morgan fingerprint density at radius 3 is 2.68 bits per heavy atom. The lowest BCUT2D eigenvalue weighted by Gasteiger charge is -2.14. The Bertz CT molecular complexity index is 467. The van der Waals surface area contributed by atoms with E-state index in [1.165, 1.54) is 12.8 Å². The second-order valence-electron chi connectivity index (χ2n) is 5.22. The fraction of sp³-hybridized carbons (Fsp3) is 0.533. The van der Waals surface area contributed by atoms with Crippen LogP contribution in [0.4, 0.5) is 5.69 Å². The number of rotatable bonds is 6. The van der Waals surface area contributed by atoms with Gasteiger partial charge in [-0.25, -0.2) is 0 Å². The topological polar surface area (TPSA) is 64.3 Å². The molecule has 1 fully saturated rings. The molecular formula is C15H22N2O2. The molecule has 4 nitrogen and oxygen atoms in total. The fourth-order valence-electron chi connectivity index (χ4n) is 2.18. The molecule has 0 aliphatic heterocycles. The van der Waals surface area contributed by atoms with Gasteiger partial charge in [-0.15, -0.1) is 0 Å². The molecule has 2 rings (SSSR count). The van der Waals surface area contributed by atoms with E-state index in [-0.39, 0.29) is 5.91 Å². The molecule has 1 amide bonds. The van der Waals surface area contributed by atoms with Crippen molar-refractivity contribution in [1.29, 1.82) is 0 Å². The number of carbonyl (C=O) groups is 1. The lowest BCUT2D eigenvalue weighted by Crippen LogP contribution is -2.30. The Balaban J connectivity index is 1.97. The van der Waals surface area contributed by atoms with Gasteiger partial charge in [0, 0.05) is 12.1 Å². The first-order valence-corrected chi connectivity index (χ1v) is 6.91. The van der Waals surface area contributed by atoms with Gasteiger partial charge >= 0.3 is 0 Å². The Hall–Kier alpha value is -1.71. The molecule has 1 aliphatic rings. The molecule has 3 N–H and O–H groups in total. The maximum absolute atomic E-state index is 12.0. The maximum atomic E-state index is 12.0. The first-order chi connectivity index (χ1) is 9.10. The number of nitrogen functional groups attached to an aromatic ring is 1. The van der Waals surface area contributed by atoms with Crippen molar-refractivity contribution < 1.29 is 9.53 Å². The average molecular weight is 262 g/mol. The van der Waals surface area contributed by atoms with E-state index in [9.17, 15) is 4.79 Å². The van der Waals surface area contributed by atoms with Gasteiger partial charge in [-0.05, 0) is 49.8 Å². The minimum Gasteiger partial charge on any atom is -0.492 e. The number of amides is 1. The number of benzene rings is 1. The van der Waals surface area contributed by atoms with Crippen molar-refractivity contribution in [2.45, 2.75) is 33.1 Å². The predicted octanol–water partition coefficient (Wildman–Crippen LogP) is 2.59. The molecule has 1 aliphatic carbocycles. The number of anilines is 1. The van der Waals surface area contributed by atoms with E-state index in [0.717, 1.165) is 13.0 Å². The Morgan fingerprint density at radius 1 is 1.42 bits per heavy atom. The van der Waals surface area contributed by atoms with Crippen LogP contribution < -0.4 is 15.8 Å². The molecular weight excluding hydrogens is 240 g/mol. The summed E-state index contributed by atoms with van der Waals surface area (Å²) in [5.74, 6) is 0.570. The van der Waals surface area contributed by atoms with Crippen LogP contribution in [0.25, 0.3) is 0 Å². The smallest absolute Gasteiger partial charge is 0.251 e. The third-order valence-corrected chi connectivity index (χ3v) is 3.90. The van der Waals surface area contributed by atoms with Crippen molar-refractivity contribution in [3.63, 3.8) is 0 Å². The molecule has 0 radical (unpaired) electrons. The normalized spacial score (nSPS) is 15.9. The molecule has 0 atom stereocenters. The minimum atomic E-state index is -0.0607. The molecule has 0 heterocycles. The molecule has 1 aromatic carbocycles. The summed E-state index contributed by atoms with van der Waals surface area (Å²) in [4.78, 5) is 12.0. The number of ether oxygens (including phenoxy) is 1. The van der Waals surface area contributed by atoms with Gasteiger partial charge in [0.05, 0.1) is 12.3 Å². The standard InChI is InChI=1S/C15H22N2O2/c1-3-15(7-8-15)10-17-14(18)11-5-6-13(19-4-2)12(16)9-11/h5-6,9H,3-4,7-8,10,16H2,1-2H3,(H,17,18). The molecule has 0 spiro atoms. The number of carbonyl (C=O) groups excluding carboxylic acids is 1. The third-order valence-electron chi connectivity index (χ3n) is 3.90. The van der Waals surface area contributed by atoms with Crippen LogP contribution >= 0.6 is 0 Å². The molecule has 0 unspecified atom stereocenters. The maximum Gasteiger partial charge on any atom is 0.251 e. The summed E-state index contributed by atoms with van der Waals surface area (Å²) >= 11 is 0. The predicted molar refractivity (Wildman–Crippen MR) is 76.3 cm³/mol. The summed E-state index contributed by atoms with van der Waals surface area (Å²) in [7, 11) is 0. The van der Waals surface area contributed by atoms with Gasteiger partial charge in [-0.1, -0.05) is 6.92 Å². The molecule has 19 heavy (non-hydrogen) atoms. The van der Waals surface area contributed by atoms with Crippen LogP contribution in [0.2, 0.25) is 0 Å². The number of nitrogens with two attached hydrogens (primary N) is 1. The summed E-state index contributed by atoms with van der Waals surface area (Å²) in [6, 6.07) is 5.18. The third kappa shape index (κ3) is 3.19. The largest absolute Gasteiger partial charge is 0.492 e. The summed E-state index contributed by atoms with van der Waals surface area (Å²) in [6.45, 7) is 5.40. The van der Waals surface area contributed by atoms with E-state index in [1.807, 2.05) is 6.92 Å². The lowest BCUT2D eigenvalue weighted by molar-refractivity contribution is 0.0944. The molecule has 0 saturated heterocycles. The van der Waals surface area contributed by atoms with E-state index in [4.69, 9.17) is 10.5 Å². The van der Waals surface area contributed by atoms with Crippen molar-refractivity contribution in [1.82, 2.24) is 5.32 Å². The zero-order chi connectivity index (χ0) is 13.9. The summed E-state index contributed by atoms with van der Waals surface area (Å²) in [5.41, 5.74) is 7.31. The van der Waals surface area contributed by atoms with E-state index >= 15 is 0 Å².